The minimum atomic E-state index is -0.268. The molecule has 2 N–H and O–H groups in total. The van der Waals surface area contributed by atoms with Gasteiger partial charge in [0.25, 0.3) is 0 Å². The molecule has 1 unspecified atom stereocenters. The molecule has 1 aromatic carbocycles. The average Bonchev–Trinajstić information content (AvgIpc) is 2.78. The standard InChI is InChI=1S/C14H16N4/c1-11-6-7-14(17-8-11)9-16-10-18(14)13-4-2-12(15)3-5-13/h2-6,8,10H,7,9,15H2,1H3. The molecule has 1 atom stereocenters. The van der Waals surface area contributed by atoms with E-state index in [1.807, 2.05) is 36.8 Å². The fourth-order valence-electron chi connectivity index (χ4n) is 2.31. The topological polar surface area (TPSA) is 54.0 Å². The third-order valence-corrected chi connectivity index (χ3v) is 3.42. The smallest absolute Gasteiger partial charge is 0.160 e. The largest absolute Gasteiger partial charge is 0.399 e. The lowest BCUT2D eigenvalue weighted by atomic mass is 10.0. The van der Waals surface area contributed by atoms with Crippen LogP contribution in [-0.4, -0.2) is 24.8 Å². The van der Waals surface area contributed by atoms with Gasteiger partial charge in [0.2, 0.25) is 0 Å². The van der Waals surface area contributed by atoms with Crippen molar-refractivity contribution in [2.24, 2.45) is 9.98 Å². The van der Waals surface area contributed by atoms with Gasteiger partial charge in [-0.05, 0) is 36.8 Å². The van der Waals surface area contributed by atoms with Gasteiger partial charge >= 0.3 is 0 Å². The molecule has 2 heterocycles. The number of nitrogens with two attached hydrogens (primary N) is 1. The predicted octanol–water partition coefficient (Wildman–Crippen LogP) is 2.23. The maximum absolute atomic E-state index is 5.72. The summed E-state index contributed by atoms with van der Waals surface area (Å²) in [6.07, 6.45) is 6.91. The van der Waals surface area contributed by atoms with Crippen molar-refractivity contribution in [3.8, 4) is 0 Å². The lowest BCUT2D eigenvalue weighted by Crippen LogP contribution is -2.46. The Labute approximate surface area is 107 Å². The predicted molar refractivity (Wildman–Crippen MR) is 76.3 cm³/mol. The minimum Gasteiger partial charge on any atom is -0.399 e. The molecule has 2 aliphatic heterocycles. The van der Waals surface area contributed by atoms with E-state index < -0.39 is 0 Å². The van der Waals surface area contributed by atoms with Gasteiger partial charge in [-0.2, -0.15) is 0 Å². The number of aliphatic imine (C=N–C) groups is 2. The number of benzene rings is 1. The van der Waals surface area contributed by atoms with Crippen LogP contribution in [0.3, 0.4) is 0 Å². The second-order valence-corrected chi connectivity index (χ2v) is 4.81. The maximum Gasteiger partial charge on any atom is 0.160 e. The fourth-order valence-corrected chi connectivity index (χ4v) is 2.31. The van der Waals surface area contributed by atoms with E-state index in [2.05, 4.69) is 22.9 Å². The molecule has 0 aromatic heterocycles. The Balaban J connectivity index is 1.94. The van der Waals surface area contributed by atoms with Crippen molar-refractivity contribution in [3.05, 3.63) is 35.9 Å². The summed E-state index contributed by atoms with van der Waals surface area (Å²) in [6, 6.07) is 7.83. The van der Waals surface area contributed by atoms with E-state index in [-0.39, 0.29) is 5.66 Å². The van der Waals surface area contributed by atoms with Crippen LogP contribution in [0.15, 0.2) is 45.9 Å². The van der Waals surface area contributed by atoms with Crippen molar-refractivity contribution in [2.45, 2.75) is 19.0 Å². The van der Waals surface area contributed by atoms with Crippen LogP contribution >= 0.6 is 0 Å². The number of allylic oxidation sites excluding steroid dienone is 1. The fraction of sp³-hybridized carbons (Fsp3) is 0.286. The summed E-state index contributed by atoms with van der Waals surface area (Å²) in [5.74, 6) is 0. The van der Waals surface area contributed by atoms with Gasteiger partial charge in [0, 0.05) is 24.0 Å². The molecule has 18 heavy (non-hydrogen) atoms. The first kappa shape index (κ1) is 11.0. The summed E-state index contributed by atoms with van der Waals surface area (Å²) in [5, 5.41) is 0. The molecule has 4 heteroatoms. The van der Waals surface area contributed by atoms with Crippen molar-refractivity contribution >= 4 is 23.9 Å². The van der Waals surface area contributed by atoms with Crippen molar-refractivity contribution in [3.63, 3.8) is 0 Å². The Morgan fingerprint density at radius 3 is 2.72 bits per heavy atom. The number of anilines is 2. The second-order valence-electron chi connectivity index (χ2n) is 4.81. The van der Waals surface area contributed by atoms with Crippen LogP contribution in [0.5, 0.6) is 0 Å². The van der Waals surface area contributed by atoms with Gasteiger partial charge < -0.3 is 10.6 Å². The molecule has 1 spiro atoms. The molecule has 1 aromatic rings. The van der Waals surface area contributed by atoms with E-state index in [1.54, 1.807) is 0 Å². The molecule has 0 saturated carbocycles. The highest BCUT2D eigenvalue weighted by Gasteiger charge is 2.39. The van der Waals surface area contributed by atoms with Crippen molar-refractivity contribution in [1.29, 1.82) is 0 Å². The zero-order valence-electron chi connectivity index (χ0n) is 10.4. The molecule has 0 amide bonds. The molecule has 0 bridgehead atoms. The molecule has 0 saturated heterocycles. The quantitative estimate of drug-likeness (QED) is 0.765. The van der Waals surface area contributed by atoms with Crippen LogP contribution in [0.25, 0.3) is 0 Å². The first-order chi connectivity index (χ1) is 8.70. The third kappa shape index (κ3) is 1.70. The summed E-state index contributed by atoms with van der Waals surface area (Å²) < 4.78 is 0. The molecule has 0 radical (unpaired) electrons. The maximum atomic E-state index is 5.72. The molecule has 92 valence electrons. The molecule has 3 rings (SSSR count). The summed E-state index contributed by atoms with van der Waals surface area (Å²) in [5.41, 5.74) is 8.52. The van der Waals surface area contributed by atoms with E-state index in [4.69, 9.17) is 10.7 Å². The van der Waals surface area contributed by atoms with E-state index in [9.17, 15) is 0 Å². The van der Waals surface area contributed by atoms with Crippen LogP contribution in [-0.2, 0) is 0 Å². The summed E-state index contributed by atoms with van der Waals surface area (Å²) in [6.45, 7) is 2.78. The van der Waals surface area contributed by atoms with Crippen LogP contribution in [0.2, 0.25) is 0 Å². The van der Waals surface area contributed by atoms with E-state index in [1.165, 1.54) is 5.57 Å². The number of dihydropyridines is 1. The first-order valence-corrected chi connectivity index (χ1v) is 6.06. The molecule has 0 aliphatic carbocycles. The zero-order valence-corrected chi connectivity index (χ0v) is 10.4. The lowest BCUT2D eigenvalue weighted by Gasteiger charge is -2.35. The van der Waals surface area contributed by atoms with Crippen LogP contribution in [0.4, 0.5) is 11.4 Å². The summed E-state index contributed by atoms with van der Waals surface area (Å²) in [4.78, 5) is 11.2. The Bertz CT molecular complexity index is 541. The van der Waals surface area contributed by atoms with Gasteiger partial charge in [-0.1, -0.05) is 6.08 Å². The highest BCUT2D eigenvalue weighted by molar-refractivity contribution is 5.87. The Hall–Kier alpha value is -2.10. The van der Waals surface area contributed by atoms with Crippen molar-refractivity contribution in [2.75, 3.05) is 17.2 Å². The van der Waals surface area contributed by atoms with Crippen LogP contribution < -0.4 is 10.6 Å². The number of nitrogen functional groups attached to an aromatic ring is 1. The number of nitrogens with zero attached hydrogens (tertiary/aromatic N) is 3. The lowest BCUT2D eigenvalue weighted by molar-refractivity contribution is 0.483. The SMILES string of the molecule is CC1=CCC2(CN=CN2c2ccc(N)cc2)N=C1. The van der Waals surface area contributed by atoms with E-state index in [0.29, 0.717) is 6.54 Å². The van der Waals surface area contributed by atoms with Crippen LogP contribution in [0, 0.1) is 0 Å². The Kier molecular flexibility index (Phi) is 2.44. The van der Waals surface area contributed by atoms with Gasteiger partial charge in [0.1, 0.15) is 0 Å². The van der Waals surface area contributed by atoms with Gasteiger partial charge in [0.05, 0.1) is 12.9 Å². The monoisotopic (exact) mass is 240 g/mol. The van der Waals surface area contributed by atoms with E-state index in [0.717, 1.165) is 17.8 Å². The first-order valence-electron chi connectivity index (χ1n) is 6.06. The van der Waals surface area contributed by atoms with Crippen molar-refractivity contribution in [1.82, 2.24) is 0 Å². The molecule has 4 nitrogen and oxygen atoms in total. The van der Waals surface area contributed by atoms with Crippen molar-refractivity contribution < 1.29 is 0 Å². The van der Waals surface area contributed by atoms with Gasteiger partial charge in [-0.15, -0.1) is 0 Å². The molecule has 2 aliphatic rings. The Morgan fingerprint density at radius 1 is 1.28 bits per heavy atom. The van der Waals surface area contributed by atoms with Crippen LogP contribution in [0.1, 0.15) is 13.3 Å². The summed E-state index contributed by atoms with van der Waals surface area (Å²) in [7, 11) is 0. The number of hydrogen-bond donors (Lipinski definition) is 1. The molecule has 0 fully saturated rings. The number of hydrogen-bond acceptors (Lipinski definition) is 4. The number of rotatable bonds is 1. The average molecular weight is 240 g/mol. The molecular weight excluding hydrogens is 224 g/mol. The molecular formula is C14H16N4. The third-order valence-electron chi connectivity index (χ3n) is 3.42. The van der Waals surface area contributed by atoms with Gasteiger partial charge in [0.15, 0.2) is 5.66 Å². The Morgan fingerprint density at radius 2 is 2.06 bits per heavy atom. The summed E-state index contributed by atoms with van der Waals surface area (Å²) >= 11 is 0. The second kappa shape index (κ2) is 3.98. The normalized spacial score (nSPS) is 25.8. The van der Waals surface area contributed by atoms with Gasteiger partial charge in [-0.25, -0.2) is 0 Å². The minimum absolute atomic E-state index is 0.268. The zero-order chi connectivity index (χ0) is 12.6. The highest BCUT2D eigenvalue weighted by Crippen LogP contribution is 2.33. The highest BCUT2D eigenvalue weighted by atomic mass is 15.4. The van der Waals surface area contributed by atoms with E-state index >= 15 is 0 Å². The van der Waals surface area contributed by atoms with Gasteiger partial charge in [-0.3, -0.25) is 9.98 Å².